The Morgan fingerprint density at radius 1 is 1.38 bits per heavy atom. The third-order valence-corrected chi connectivity index (χ3v) is 1.62. The Morgan fingerprint density at radius 2 is 2.08 bits per heavy atom. The second-order valence-corrected chi connectivity index (χ2v) is 2.67. The lowest BCUT2D eigenvalue weighted by Gasteiger charge is -1.99. The molecule has 4 heteroatoms. The fourth-order valence-electron chi connectivity index (χ4n) is 0.992. The summed E-state index contributed by atoms with van der Waals surface area (Å²) in [6.45, 7) is -0.110. The van der Waals surface area contributed by atoms with Gasteiger partial charge in [0, 0.05) is 12.1 Å². The SMILES string of the molecule is O=C(O)CCc1cccc(CO)n1. The number of aryl methyl sites for hydroxylation is 1. The normalized spacial score (nSPS) is 9.92. The molecule has 0 unspecified atom stereocenters. The molecule has 0 saturated heterocycles. The standard InChI is InChI=1S/C9H11NO3/c11-6-8-3-1-2-7(10-8)4-5-9(12)13/h1-3,11H,4-6H2,(H,12,13). The van der Waals surface area contributed by atoms with Gasteiger partial charge in [-0.3, -0.25) is 9.78 Å². The Hall–Kier alpha value is -1.42. The van der Waals surface area contributed by atoms with E-state index in [-0.39, 0.29) is 13.0 Å². The smallest absolute Gasteiger partial charge is 0.303 e. The van der Waals surface area contributed by atoms with Crippen LogP contribution < -0.4 is 0 Å². The molecule has 0 atom stereocenters. The van der Waals surface area contributed by atoms with E-state index < -0.39 is 5.97 Å². The van der Waals surface area contributed by atoms with Crippen molar-refractivity contribution >= 4 is 5.97 Å². The third-order valence-electron chi connectivity index (χ3n) is 1.62. The number of nitrogens with zero attached hydrogens (tertiary/aromatic N) is 1. The second-order valence-electron chi connectivity index (χ2n) is 2.67. The lowest BCUT2D eigenvalue weighted by molar-refractivity contribution is -0.136. The average Bonchev–Trinajstić information content (AvgIpc) is 2.15. The highest BCUT2D eigenvalue weighted by Gasteiger charge is 2.00. The number of aliphatic carboxylic acids is 1. The molecule has 1 rings (SSSR count). The monoisotopic (exact) mass is 181 g/mol. The van der Waals surface area contributed by atoms with Crippen LogP contribution >= 0.6 is 0 Å². The lowest BCUT2D eigenvalue weighted by Crippen LogP contribution is -2.00. The molecule has 0 spiro atoms. The number of aliphatic hydroxyl groups is 1. The maximum absolute atomic E-state index is 10.2. The van der Waals surface area contributed by atoms with Gasteiger partial charge >= 0.3 is 5.97 Å². The van der Waals surface area contributed by atoms with Crippen molar-refractivity contribution < 1.29 is 15.0 Å². The minimum atomic E-state index is -0.837. The van der Waals surface area contributed by atoms with Gasteiger partial charge in [-0.05, 0) is 12.1 Å². The highest BCUT2D eigenvalue weighted by molar-refractivity contribution is 5.66. The van der Waals surface area contributed by atoms with Crippen molar-refractivity contribution in [3.05, 3.63) is 29.6 Å². The van der Waals surface area contributed by atoms with Gasteiger partial charge in [0.15, 0.2) is 0 Å². The van der Waals surface area contributed by atoms with Crippen LogP contribution in [0.4, 0.5) is 0 Å². The van der Waals surface area contributed by atoms with Crippen molar-refractivity contribution in [3.63, 3.8) is 0 Å². The van der Waals surface area contributed by atoms with Crippen molar-refractivity contribution in [2.75, 3.05) is 0 Å². The molecule has 4 nitrogen and oxygen atoms in total. The molecule has 0 aliphatic rings. The summed E-state index contributed by atoms with van der Waals surface area (Å²) >= 11 is 0. The van der Waals surface area contributed by atoms with Crippen LogP contribution in [0.15, 0.2) is 18.2 Å². The lowest BCUT2D eigenvalue weighted by atomic mass is 10.2. The zero-order valence-corrected chi connectivity index (χ0v) is 7.10. The van der Waals surface area contributed by atoms with Crippen LogP contribution in [0.3, 0.4) is 0 Å². The molecule has 70 valence electrons. The maximum Gasteiger partial charge on any atom is 0.303 e. The first-order chi connectivity index (χ1) is 6.22. The van der Waals surface area contributed by atoms with Crippen LogP contribution in [-0.4, -0.2) is 21.2 Å². The maximum atomic E-state index is 10.2. The number of carboxylic acid groups (broad SMARTS) is 1. The Kier molecular flexibility index (Phi) is 3.40. The summed E-state index contributed by atoms with van der Waals surface area (Å²) in [7, 11) is 0. The number of carbonyl (C=O) groups is 1. The molecule has 1 heterocycles. The quantitative estimate of drug-likeness (QED) is 0.713. The van der Waals surface area contributed by atoms with E-state index in [4.69, 9.17) is 10.2 Å². The summed E-state index contributed by atoms with van der Waals surface area (Å²) in [5.41, 5.74) is 1.27. The van der Waals surface area contributed by atoms with Crippen molar-refractivity contribution in [1.29, 1.82) is 0 Å². The number of hydrogen-bond acceptors (Lipinski definition) is 3. The largest absolute Gasteiger partial charge is 0.481 e. The van der Waals surface area contributed by atoms with Gasteiger partial charge in [-0.1, -0.05) is 6.07 Å². The second kappa shape index (κ2) is 4.57. The molecule has 13 heavy (non-hydrogen) atoms. The molecule has 2 N–H and O–H groups in total. The number of hydrogen-bond donors (Lipinski definition) is 2. The van der Waals surface area contributed by atoms with Gasteiger partial charge in [0.25, 0.3) is 0 Å². The number of rotatable bonds is 4. The molecule has 0 aliphatic carbocycles. The number of aliphatic hydroxyl groups excluding tert-OH is 1. The van der Waals surface area contributed by atoms with E-state index in [9.17, 15) is 4.79 Å². The molecule has 1 aromatic rings. The average molecular weight is 181 g/mol. The highest BCUT2D eigenvalue weighted by Crippen LogP contribution is 2.02. The van der Waals surface area contributed by atoms with E-state index in [0.29, 0.717) is 17.8 Å². The molecule has 0 aromatic carbocycles. The molecular formula is C9H11NO3. The van der Waals surface area contributed by atoms with Crippen molar-refractivity contribution in [2.24, 2.45) is 0 Å². The first-order valence-electron chi connectivity index (χ1n) is 4.00. The fraction of sp³-hybridized carbons (Fsp3) is 0.333. The highest BCUT2D eigenvalue weighted by atomic mass is 16.4. The summed E-state index contributed by atoms with van der Waals surface area (Å²) in [6.07, 6.45) is 0.477. The summed E-state index contributed by atoms with van der Waals surface area (Å²) in [6, 6.07) is 5.21. The fourth-order valence-corrected chi connectivity index (χ4v) is 0.992. The van der Waals surface area contributed by atoms with E-state index >= 15 is 0 Å². The van der Waals surface area contributed by atoms with Crippen molar-refractivity contribution in [1.82, 2.24) is 4.98 Å². The molecule has 0 fully saturated rings. The number of carboxylic acids is 1. The summed E-state index contributed by atoms with van der Waals surface area (Å²) in [4.78, 5) is 14.3. The first-order valence-corrected chi connectivity index (χ1v) is 4.00. The van der Waals surface area contributed by atoms with E-state index in [2.05, 4.69) is 4.98 Å². The van der Waals surface area contributed by atoms with Gasteiger partial charge in [-0.25, -0.2) is 0 Å². The van der Waals surface area contributed by atoms with Crippen LogP contribution in [0.25, 0.3) is 0 Å². The van der Waals surface area contributed by atoms with E-state index in [1.807, 2.05) is 0 Å². The van der Waals surface area contributed by atoms with Crippen LogP contribution in [-0.2, 0) is 17.8 Å². The van der Waals surface area contributed by atoms with E-state index in [1.54, 1.807) is 18.2 Å². The van der Waals surface area contributed by atoms with Crippen molar-refractivity contribution in [3.8, 4) is 0 Å². The summed E-state index contributed by atoms with van der Waals surface area (Å²) in [5, 5.41) is 17.2. The minimum absolute atomic E-state index is 0.0713. The van der Waals surface area contributed by atoms with E-state index in [0.717, 1.165) is 0 Å². The molecule has 0 saturated carbocycles. The van der Waals surface area contributed by atoms with Crippen LogP contribution in [0.2, 0.25) is 0 Å². The van der Waals surface area contributed by atoms with Crippen LogP contribution in [0.1, 0.15) is 17.8 Å². The zero-order chi connectivity index (χ0) is 9.68. The van der Waals surface area contributed by atoms with Gasteiger partial charge < -0.3 is 10.2 Å². The predicted molar refractivity (Wildman–Crippen MR) is 46.1 cm³/mol. The number of pyridine rings is 1. The Labute approximate surface area is 75.9 Å². The van der Waals surface area contributed by atoms with Gasteiger partial charge in [0.2, 0.25) is 0 Å². The van der Waals surface area contributed by atoms with Gasteiger partial charge in [-0.15, -0.1) is 0 Å². The predicted octanol–water partition coefficient (Wildman–Crippen LogP) is 0.591. The van der Waals surface area contributed by atoms with E-state index in [1.165, 1.54) is 0 Å². The number of aromatic nitrogens is 1. The Morgan fingerprint density at radius 3 is 2.69 bits per heavy atom. The molecular weight excluding hydrogens is 170 g/mol. The summed E-state index contributed by atoms with van der Waals surface area (Å²) in [5.74, 6) is -0.837. The van der Waals surface area contributed by atoms with Crippen LogP contribution in [0.5, 0.6) is 0 Å². The van der Waals surface area contributed by atoms with Crippen molar-refractivity contribution in [2.45, 2.75) is 19.4 Å². The van der Waals surface area contributed by atoms with Gasteiger partial charge in [-0.2, -0.15) is 0 Å². The van der Waals surface area contributed by atoms with Gasteiger partial charge in [0.05, 0.1) is 18.7 Å². The molecule has 1 aromatic heterocycles. The van der Waals surface area contributed by atoms with Gasteiger partial charge in [0.1, 0.15) is 0 Å². The first kappa shape index (κ1) is 9.67. The van der Waals surface area contributed by atoms with Crippen LogP contribution in [0, 0.1) is 0 Å². The molecule has 0 amide bonds. The zero-order valence-electron chi connectivity index (χ0n) is 7.10. The third kappa shape index (κ3) is 3.21. The molecule has 0 radical (unpaired) electrons. The summed E-state index contributed by atoms with van der Waals surface area (Å²) < 4.78 is 0. The Balaban J connectivity index is 2.61. The molecule has 0 aliphatic heterocycles. The molecule has 0 bridgehead atoms. The Bertz CT molecular complexity index is 299. The topological polar surface area (TPSA) is 70.4 Å². The minimum Gasteiger partial charge on any atom is -0.481 e.